The van der Waals surface area contributed by atoms with E-state index in [1.807, 2.05) is 30.3 Å². The van der Waals surface area contributed by atoms with E-state index in [-0.39, 0.29) is 11.8 Å². The lowest BCUT2D eigenvalue weighted by Gasteiger charge is -2.31. The Morgan fingerprint density at radius 3 is 2.86 bits per heavy atom. The van der Waals surface area contributed by atoms with Gasteiger partial charge >= 0.3 is 0 Å². The first kappa shape index (κ1) is 18.6. The van der Waals surface area contributed by atoms with Crippen molar-refractivity contribution in [2.24, 2.45) is 5.92 Å². The second kappa shape index (κ2) is 8.93. The number of rotatable bonds is 6. The Morgan fingerprint density at radius 2 is 2.04 bits per heavy atom. The Labute approximate surface area is 168 Å². The molecule has 28 heavy (non-hydrogen) atoms. The molecule has 1 atom stereocenters. The van der Waals surface area contributed by atoms with Crippen LogP contribution in [0.2, 0.25) is 0 Å². The van der Waals surface area contributed by atoms with Crippen molar-refractivity contribution in [1.29, 1.82) is 0 Å². The van der Waals surface area contributed by atoms with E-state index in [4.69, 9.17) is 4.98 Å². The quantitative estimate of drug-likeness (QED) is 0.697. The second-order valence-corrected chi connectivity index (χ2v) is 7.75. The number of nitrogens with zero attached hydrogens (tertiary/aromatic N) is 4. The average molecular weight is 394 g/mol. The smallest absolute Gasteiger partial charge is 0.225 e. The largest absolute Gasteiger partial charge is 0.352 e. The number of hydrogen-bond donors (Lipinski definition) is 1. The van der Waals surface area contributed by atoms with Crippen LogP contribution in [-0.4, -0.2) is 33.3 Å². The van der Waals surface area contributed by atoms with Crippen LogP contribution in [0.3, 0.4) is 0 Å². The summed E-state index contributed by atoms with van der Waals surface area (Å²) >= 11 is 1.42. The molecule has 1 amide bonds. The Morgan fingerprint density at radius 1 is 1.18 bits per heavy atom. The Hall–Kier alpha value is -2.80. The molecule has 1 unspecified atom stereocenters. The molecule has 0 spiro atoms. The fourth-order valence-electron chi connectivity index (χ4n) is 3.42. The van der Waals surface area contributed by atoms with E-state index in [2.05, 4.69) is 31.7 Å². The van der Waals surface area contributed by atoms with Gasteiger partial charge in [0.25, 0.3) is 0 Å². The van der Waals surface area contributed by atoms with Gasteiger partial charge in [0.15, 0.2) is 0 Å². The highest BCUT2D eigenvalue weighted by Gasteiger charge is 2.27. The topological polar surface area (TPSA) is 71.0 Å². The van der Waals surface area contributed by atoms with Gasteiger partial charge in [-0.05, 0) is 30.0 Å². The fourth-order valence-corrected chi connectivity index (χ4v) is 4.14. The van der Waals surface area contributed by atoms with Gasteiger partial charge in [0.2, 0.25) is 11.0 Å². The molecule has 6 nitrogen and oxygen atoms in total. The molecule has 1 aliphatic rings. The maximum absolute atomic E-state index is 12.6. The minimum atomic E-state index is -0.0214. The molecule has 3 aromatic rings. The molecule has 1 aliphatic heterocycles. The van der Waals surface area contributed by atoms with Crippen molar-refractivity contribution in [3.63, 3.8) is 0 Å². The SMILES string of the molecule is O=C(NCc1cccnc1)C1CCCN(c2nc(Cc3ccccc3)ns2)C1. The number of amides is 1. The number of aromatic nitrogens is 3. The highest BCUT2D eigenvalue weighted by atomic mass is 32.1. The van der Waals surface area contributed by atoms with Crippen LogP contribution in [0.25, 0.3) is 0 Å². The summed E-state index contributed by atoms with van der Waals surface area (Å²) in [7, 11) is 0. The minimum absolute atomic E-state index is 0.0214. The van der Waals surface area contributed by atoms with Gasteiger partial charge in [0.1, 0.15) is 5.82 Å². The molecule has 1 aromatic carbocycles. The standard InChI is InChI=1S/C21H23N5OS/c27-20(23-14-17-8-4-10-22-13-17)18-9-5-11-26(15-18)21-24-19(25-28-21)12-16-6-2-1-3-7-16/h1-4,6-8,10,13,18H,5,9,11-12,14-15H2,(H,23,27). The van der Waals surface area contributed by atoms with Crippen LogP contribution >= 0.6 is 11.5 Å². The summed E-state index contributed by atoms with van der Waals surface area (Å²) in [4.78, 5) is 23.6. The third-order valence-electron chi connectivity index (χ3n) is 4.91. The van der Waals surface area contributed by atoms with E-state index in [9.17, 15) is 4.79 Å². The van der Waals surface area contributed by atoms with E-state index in [0.717, 1.165) is 42.3 Å². The number of piperidine rings is 1. The van der Waals surface area contributed by atoms with Gasteiger partial charge in [-0.3, -0.25) is 9.78 Å². The van der Waals surface area contributed by atoms with Crippen molar-refractivity contribution in [3.05, 3.63) is 71.8 Å². The van der Waals surface area contributed by atoms with Crippen molar-refractivity contribution < 1.29 is 4.79 Å². The van der Waals surface area contributed by atoms with E-state index in [0.29, 0.717) is 13.1 Å². The molecular weight excluding hydrogens is 370 g/mol. The monoisotopic (exact) mass is 393 g/mol. The Bertz CT molecular complexity index is 899. The zero-order chi connectivity index (χ0) is 19.2. The van der Waals surface area contributed by atoms with E-state index >= 15 is 0 Å². The molecule has 1 fully saturated rings. The number of anilines is 1. The number of carbonyl (C=O) groups excluding carboxylic acids is 1. The van der Waals surface area contributed by atoms with Crippen molar-refractivity contribution >= 4 is 22.6 Å². The predicted octanol–water partition coefficient (Wildman–Crippen LogP) is 3.06. The van der Waals surface area contributed by atoms with Gasteiger partial charge in [-0.15, -0.1) is 0 Å². The van der Waals surface area contributed by atoms with Crippen LogP contribution in [-0.2, 0) is 17.8 Å². The molecule has 144 valence electrons. The summed E-state index contributed by atoms with van der Waals surface area (Å²) < 4.78 is 4.51. The lowest BCUT2D eigenvalue weighted by atomic mass is 9.97. The normalized spacial score (nSPS) is 16.7. The summed E-state index contributed by atoms with van der Waals surface area (Å²) in [6.45, 7) is 2.13. The van der Waals surface area contributed by atoms with Gasteiger partial charge in [0, 0.05) is 50.0 Å². The first-order valence-electron chi connectivity index (χ1n) is 9.56. The van der Waals surface area contributed by atoms with Crippen LogP contribution in [0.4, 0.5) is 5.13 Å². The highest BCUT2D eigenvalue weighted by Crippen LogP contribution is 2.25. The third kappa shape index (κ3) is 4.72. The molecule has 0 saturated carbocycles. The van der Waals surface area contributed by atoms with E-state index < -0.39 is 0 Å². The van der Waals surface area contributed by atoms with E-state index in [1.54, 1.807) is 12.4 Å². The maximum atomic E-state index is 12.6. The van der Waals surface area contributed by atoms with Gasteiger partial charge in [-0.1, -0.05) is 36.4 Å². The van der Waals surface area contributed by atoms with Gasteiger partial charge < -0.3 is 10.2 Å². The van der Waals surface area contributed by atoms with Crippen LogP contribution < -0.4 is 10.2 Å². The first-order chi connectivity index (χ1) is 13.8. The highest BCUT2D eigenvalue weighted by molar-refractivity contribution is 7.09. The minimum Gasteiger partial charge on any atom is -0.352 e. The van der Waals surface area contributed by atoms with E-state index in [1.165, 1.54) is 17.1 Å². The molecule has 1 N–H and O–H groups in total. The molecule has 0 aliphatic carbocycles. The van der Waals surface area contributed by atoms with Crippen LogP contribution in [0.15, 0.2) is 54.9 Å². The summed E-state index contributed by atoms with van der Waals surface area (Å²) in [6.07, 6.45) is 6.14. The van der Waals surface area contributed by atoms with Crippen LogP contribution in [0.1, 0.15) is 29.8 Å². The number of nitrogens with one attached hydrogen (secondary N) is 1. The Kier molecular flexibility index (Phi) is 5.92. The summed E-state index contributed by atoms with van der Waals surface area (Å²) in [5.41, 5.74) is 2.22. The van der Waals surface area contributed by atoms with Crippen molar-refractivity contribution in [1.82, 2.24) is 19.7 Å². The first-order valence-corrected chi connectivity index (χ1v) is 10.3. The molecule has 1 saturated heterocycles. The lowest BCUT2D eigenvalue weighted by Crippen LogP contribution is -2.43. The third-order valence-corrected chi connectivity index (χ3v) is 5.73. The van der Waals surface area contributed by atoms with Crippen molar-refractivity contribution in [2.75, 3.05) is 18.0 Å². The average Bonchev–Trinajstić information content (AvgIpc) is 3.22. The Balaban J connectivity index is 1.34. The van der Waals surface area contributed by atoms with Gasteiger partial charge in [0.05, 0.1) is 5.92 Å². The lowest BCUT2D eigenvalue weighted by molar-refractivity contribution is -0.125. The number of hydrogen-bond acceptors (Lipinski definition) is 6. The molecule has 2 aromatic heterocycles. The number of carbonyl (C=O) groups is 1. The molecule has 7 heteroatoms. The summed E-state index contributed by atoms with van der Waals surface area (Å²) in [6, 6.07) is 14.1. The number of pyridine rings is 1. The second-order valence-electron chi connectivity index (χ2n) is 7.02. The van der Waals surface area contributed by atoms with Crippen molar-refractivity contribution in [2.45, 2.75) is 25.8 Å². The van der Waals surface area contributed by atoms with Crippen LogP contribution in [0.5, 0.6) is 0 Å². The molecule has 0 bridgehead atoms. The predicted molar refractivity (Wildman–Crippen MR) is 110 cm³/mol. The van der Waals surface area contributed by atoms with Gasteiger partial charge in [-0.2, -0.15) is 4.37 Å². The molecule has 0 radical (unpaired) electrons. The maximum Gasteiger partial charge on any atom is 0.225 e. The fraction of sp³-hybridized carbons (Fsp3) is 0.333. The molecule has 3 heterocycles. The van der Waals surface area contributed by atoms with Crippen LogP contribution in [0, 0.1) is 5.92 Å². The summed E-state index contributed by atoms with van der Waals surface area (Å²) in [5.74, 6) is 0.920. The number of benzene rings is 1. The summed E-state index contributed by atoms with van der Waals surface area (Å²) in [5, 5.41) is 3.95. The zero-order valence-corrected chi connectivity index (χ0v) is 16.4. The zero-order valence-electron chi connectivity index (χ0n) is 15.6. The molecule has 4 rings (SSSR count). The van der Waals surface area contributed by atoms with Crippen molar-refractivity contribution in [3.8, 4) is 0 Å². The molecular formula is C21H23N5OS. The van der Waals surface area contributed by atoms with Gasteiger partial charge in [-0.25, -0.2) is 4.98 Å².